The number of ketones is 1. The minimum Gasteiger partial charge on any atom is -0.493 e. The summed E-state index contributed by atoms with van der Waals surface area (Å²) >= 11 is 0. The molecule has 1 saturated heterocycles. The summed E-state index contributed by atoms with van der Waals surface area (Å²) in [5.74, 6) is 0.445. The van der Waals surface area contributed by atoms with Gasteiger partial charge in [0.25, 0.3) is 5.91 Å². The standard InChI is InChI=1S/C25H29N3O6/c1-25(2)11-17(29)23-20(12-25)34-24(27)16(13-26)22(23)15-4-5-18(19(10-15)31-3)33-14-21(30)28-6-8-32-9-7-28/h4-5,10,22H,6-9,11-12,14,27H2,1-3H3. The maximum atomic E-state index is 13.1. The highest BCUT2D eigenvalue weighted by atomic mass is 16.5. The van der Waals surface area contributed by atoms with Gasteiger partial charge in [0, 0.05) is 31.5 Å². The van der Waals surface area contributed by atoms with Crippen LogP contribution in [0, 0.1) is 16.7 Å². The zero-order valence-corrected chi connectivity index (χ0v) is 19.7. The molecule has 0 saturated carbocycles. The summed E-state index contributed by atoms with van der Waals surface area (Å²) in [6.07, 6.45) is 0.901. The van der Waals surface area contributed by atoms with E-state index in [-0.39, 0.29) is 35.2 Å². The number of hydrogen-bond acceptors (Lipinski definition) is 8. The molecular formula is C25H29N3O6. The highest BCUT2D eigenvalue weighted by Gasteiger charge is 2.43. The van der Waals surface area contributed by atoms with E-state index in [4.69, 9.17) is 24.7 Å². The van der Waals surface area contributed by atoms with E-state index in [1.54, 1.807) is 23.1 Å². The summed E-state index contributed by atoms with van der Waals surface area (Å²) < 4.78 is 22.3. The van der Waals surface area contributed by atoms with Gasteiger partial charge in [0.05, 0.1) is 26.2 Å². The Bertz CT molecular complexity index is 1110. The van der Waals surface area contributed by atoms with E-state index < -0.39 is 5.92 Å². The van der Waals surface area contributed by atoms with Crippen LogP contribution in [0.1, 0.15) is 38.2 Å². The quantitative estimate of drug-likeness (QED) is 0.700. The molecular weight excluding hydrogens is 438 g/mol. The van der Waals surface area contributed by atoms with Gasteiger partial charge in [0.1, 0.15) is 17.4 Å². The SMILES string of the molecule is COc1cc(C2C(C#N)=C(N)OC3=C2C(=O)CC(C)(C)C3)ccc1OCC(=O)N1CCOCC1. The summed E-state index contributed by atoms with van der Waals surface area (Å²) in [4.78, 5) is 27.3. The monoisotopic (exact) mass is 467 g/mol. The number of Topliss-reactive ketones (excluding diaryl/α,β-unsaturated/α-hetero) is 1. The lowest BCUT2D eigenvalue weighted by molar-refractivity contribution is -0.137. The first-order chi connectivity index (χ1) is 16.2. The lowest BCUT2D eigenvalue weighted by Crippen LogP contribution is -2.43. The van der Waals surface area contributed by atoms with Crippen molar-refractivity contribution in [3.8, 4) is 17.6 Å². The predicted molar refractivity (Wildman–Crippen MR) is 122 cm³/mol. The van der Waals surface area contributed by atoms with Crippen molar-refractivity contribution < 1.29 is 28.5 Å². The number of ether oxygens (including phenoxy) is 4. The number of rotatable bonds is 5. The molecule has 2 heterocycles. The number of benzene rings is 1. The normalized spacial score (nSPS) is 22.0. The second-order valence-electron chi connectivity index (χ2n) is 9.39. The van der Waals surface area contributed by atoms with Crippen molar-refractivity contribution in [2.75, 3.05) is 40.0 Å². The molecule has 4 rings (SSSR count). The van der Waals surface area contributed by atoms with Gasteiger partial charge in [-0.05, 0) is 23.1 Å². The molecule has 1 aromatic carbocycles. The van der Waals surface area contributed by atoms with Crippen molar-refractivity contribution in [1.82, 2.24) is 4.90 Å². The molecule has 2 aliphatic heterocycles. The van der Waals surface area contributed by atoms with Gasteiger partial charge in [0.2, 0.25) is 5.88 Å². The Hall–Kier alpha value is -3.51. The molecule has 2 N–H and O–H groups in total. The molecule has 1 unspecified atom stereocenters. The number of nitrogens with zero attached hydrogens (tertiary/aromatic N) is 2. The zero-order chi connectivity index (χ0) is 24.5. The smallest absolute Gasteiger partial charge is 0.260 e. The fourth-order valence-corrected chi connectivity index (χ4v) is 4.64. The third-order valence-corrected chi connectivity index (χ3v) is 6.31. The summed E-state index contributed by atoms with van der Waals surface area (Å²) in [6, 6.07) is 7.27. The number of amides is 1. The van der Waals surface area contributed by atoms with E-state index in [0.29, 0.717) is 67.5 Å². The Kier molecular flexibility index (Phi) is 6.53. The highest BCUT2D eigenvalue weighted by molar-refractivity contribution is 6.00. The van der Waals surface area contributed by atoms with E-state index >= 15 is 0 Å². The lowest BCUT2D eigenvalue weighted by Gasteiger charge is -2.37. The Labute approximate surface area is 198 Å². The molecule has 0 radical (unpaired) electrons. The van der Waals surface area contributed by atoms with Gasteiger partial charge >= 0.3 is 0 Å². The van der Waals surface area contributed by atoms with Gasteiger partial charge in [-0.1, -0.05) is 19.9 Å². The topological polar surface area (TPSA) is 124 Å². The van der Waals surface area contributed by atoms with E-state index in [9.17, 15) is 14.9 Å². The van der Waals surface area contributed by atoms with Gasteiger partial charge < -0.3 is 29.6 Å². The van der Waals surface area contributed by atoms with E-state index in [1.165, 1.54) is 7.11 Å². The molecule has 9 heteroatoms. The molecule has 34 heavy (non-hydrogen) atoms. The van der Waals surface area contributed by atoms with Crippen LogP contribution in [0.3, 0.4) is 0 Å². The summed E-state index contributed by atoms with van der Waals surface area (Å²) in [5.41, 5.74) is 7.14. The van der Waals surface area contributed by atoms with Gasteiger partial charge in [-0.25, -0.2) is 0 Å². The summed E-state index contributed by atoms with van der Waals surface area (Å²) in [6.45, 7) is 5.97. The maximum Gasteiger partial charge on any atom is 0.260 e. The van der Waals surface area contributed by atoms with Crippen molar-refractivity contribution in [2.24, 2.45) is 11.1 Å². The third kappa shape index (κ3) is 4.59. The molecule has 1 aliphatic carbocycles. The molecule has 180 valence electrons. The van der Waals surface area contributed by atoms with Crippen molar-refractivity contribution in [2.45, 2.75) is 32.6 Å². The van der Waals surface area contributed by atoms with Crippen molar-refractivity contribution in [3.05, 3.63) is 46.6 Å². The minimum absolute atomic E-state index is 0.00662. The molecule has 0 aromatic heterocycles. The van der Waals surface area contributed by atoms with Crippen LogP contribution in [0.2, 0.25) is 0 Å². The molecule has 9 nitrogen and oxygen atoms in total. The van der Waals surface area contributed by atoms with Crippen molar-refractivity contribution in [3.63, 3.8) is 0 Å². The number of morpholine rings is 1. The van der Waals surface area contributed by atoms with Crippen LogP contribution in [0.4, 0.5) is 0 Å². The van der Waals surface area contributed by atoms with Crippen LogP contribution < -0.4 is 15.2 Å². The zero-order valence-electron chi connectivity index (χ0n) is 19.7. The number of carbonyl (C=O) groups excluding carboxylic acids is 2. The van der Waals surface area contributed by atoms with E-state index in [2.05, 4.69) is 6.07 Å². The second kappa shape index (κ2) is 9.39. The molecule has 3 aliphatic rings. The molecule has 0 spiro atoms. The Morgan fingerprint density at radius 1 is 1.26 bits per heavy atom. The van der Waals surface area contributed by atoms with Gasteiger partial charge in [0.15, 0.2) is 23.9 Å². The maximum absolute atomic E-state index is 13.1. The van der Waals surface area contributed by atoms with Crippen molar-refractivity contribution >= 4 is 11.7 Å². The average molecular weight is 468 g/mol. The minimum atomic E-state index is -0.657. The Morgan fingerprint density at radius 2 is 2.00 bits per heavy atom. The van der Waals surface area contributed by atoms with Gasteiger partial charge in [-0.2, -0.15) is 5.26 Å². The fraction of sp³-hybridized carbons (Fsp3) is 0.480. The largest absolute Gasteiger partial charge is 0.493 e. The predicted octanol–water partition coefficient (Wildman–Crippen LogP) is 2.38. The number of nitrogens with two attached hydrogens (primary N) is 1. The van der Waals surface area contributed by atoms with Crippen LogP contribution in [0.15, 0.2) is 41.0 Å². The molecule has 0 bridgehead atoms. The van der Waals surface area contributed by atoms with Crippen LogP contribution in [-0.4, -0.2) is 56.6 Å². The molecule has 1 aromatic rings. The van der Waals surface area contributed by atoms with Crippen LogP contribution in [-0.2, 0) is 19.1 Å². The highest BCUT2D eigenvalue weighted by Crippen LogP contribution is 2.48. The van der Waals surface area contributed by atoms with Crippen molar-refractivity contribution in [1.29, 1.82) is 5.26 Å². The van der Waals surface area contributed by atoms with Crippen LogP contribution >= 0.6 is 0 Å². The molecule has 1 amide bonds. The number of carbonyl (C=O) groups is 2. The summed E-state index contributed by atoms with van der Waals surface area (Å²) in [5, 5.41) is 9.81. The first-order valence-corrected chi connectivity index (χ1v) is 11.2. The first kappa shape index (κ1) is 23.6. The van der Waals surface area contributed by atoms with E-state index in [1.807, 2.05) is 13.8 Å². The van der Waals surface area contributed by atoms with Crippen LogP contribution in [0.25, 0.3) is 0 Å². The van der Waals surface area contributed by atoms with E-state index in [0.717, 1.165) is 0 Å². The molecule has 1 atom stereocenters. The molecule has 1 fully saturated rings. The van der Waals surface area contributed by atoms with Gasteiger partial charge in [-0.15, -0.1) is 0 Å². The Balaban J connectivity index is 1.63. The number of methoxy groups -OCH3 is 1. The fourth-order valence-electron chi connectivity index (χ4n) is 4.64. The van der Waals surface area contributed by atoms with Crippen LogP contribution in [0.5, 0.6) is 11.5 Å². The third-order valence-electron chi connectivity index (χ3n) is 6.31. The number of hydrogen-bond donors (Lipinski definition) is 1. The first-order valence-electron chi connectivity index (χ1n) is 11.2. The summed E-state index contributed by atoms with van der Waals surface area (Å²) in [7, 11) is 1.49. The average Bonchev–Trinajstić information content (AvgIpc) is 2.81. The second-order valence-corrected chi connectivity index (χ2v) is 9.39. The lowest BCUT2D eigenvalue weighted by atomic mass is 9.70. The number of nitriles is 1. The number of allylic oxidation sites excluding steroid dienone is 3. The Morgan fingerprint density at radius 3 is 2.68 bits per heavy atom. The van der Waals surface area contributed by atoms with Gasteiger partial charge in [-0.3, -0.25) is 9.59 Å².